The van der Waals surface area contributed by atoms with Crippen molar-refractivity contribution in [3.63, 3.8) is 0 Å². The number of aromatic amines is 1. The Morgan fingerprint density at radius 2 is 1.89 bits per heavy atom. The summed E-state index contributed by atoms with van der Waals surface area (Å²) in [5, 5.41) is 7.65. The van der Waals surface area contributed by atoms with Crippen LogP contribution in [0.25, 0.3) is 20.8 Å². The molecule has 38 heavy (non-hydrogen) atoms. The molecular weight excluding hydrogens is 520 g/mol. The number of aliphatic imine (C=N–C) groups is 1. The standard InChI is InChI=1S/C27H31ClN8OS/c28-18-8-9-22(30-12-10-18)35-13-15-36(16-14-35)27-33-24(31-19-5-3-4-11-29-17-19)23(25(37)34-27)26-32-20-6-1-2-7-21(20)38-26/h1-2,6-10,12,18-19,29H,3-5,11,13-17H2,(H2,31,33,34,37). The molecule has 0 bridgehead atoms. The molecule has 1 aromatic carbocycles. The zero-order chi connectivity index (χ0) is 25.9. The molecule has 2 saturated heterocycles. The zero-order valence-electron chi connectivity index (χ0n) is 21.1. The zero-order valence-corrected chi connectivity index (χ0v) is 22.6. The van der Waals surface area contributed by atoms with E-state index in [0.29, 0.717) is 35.4 Å². The number of nitrogens with one attached hydrogen (secondary N) is 3. The number of H-pyrrole nitrogens is 1. The fourth-order valence-corrected chi connectivity index (χ4v) is 6.20. The summed E-state index contributed by atoms with van der Waals surface area (Å²) in [6.07, 6.45) is 10.9. The highest BCUT2D eigenvalue weighted by atomic mass is 35.5. The third kappa shape index (κ3) is 5.48. The van der Waals surface area contributed by atoms with E-state index >= 15 is 0 Å². The van der Waals surface area contributed by atoms with Crippen molar-refractivity contribution in [1.82, 2.24) is 25.2 Å². The largest absolute Gasteiger partial charge is 0.365 e. The van der Waals surface area contributed by atoms with Crippen molar-refractivity contribution in [2.45, 2.75) is 30.7 Å². The highest BCUT2D eigenvalue weighted by Gasteiger charge is 2.25. The predicted molar refractivity (Wildman–Crippen MR) is 157 cm³/mol. The number of amidine groups is 1. The number of alkyl halides is 1. The number of halogens is 1. The summed E-state index contributed by atoms with van der Waals surface area (Å²) >= 11 is 7.71. The van der Waals surface area contributed by atoms with E-state index in [-0.39, 0.29) is 17.0 Å². The molecule has 198 valence electrons. The summed E-state index contributed by atoms with van der Waals surface area (Å²) in [5.41, 5.74) is 1.23. The number of allylic oxidation sites excluding steroid dienone is 2. The number of fused-ring (bicyclic) bond motifs is 1. The van der Waals surface area contributed by atoms with E-state index in [1.807, 2.05) is 42.5 Å². The minimum absolute atomic E-state index is 0.143. The van der Waals surface area contributed by atoms with E-state index in [2.05, 4.69) is 30.4 Å². The number of para-hydroxylation sites is 1. The maximum atomic E-state index is 13.6. The third-order valence-corrected chi connectivity index (χ3v) is 8.46. The minimum atomic E-state index is -0.171. The molecule has 0 radical (unpaired) electrons. The van der Waals surface area contributed by atoms with Gasteiger partial charge in [0.1, 0.15) is 22.2 Å². The van der Waals surface area contributed by atoms with Crippen molar-refractivity contribution >= 4 is 50.8 Å². The van der Waals surface area contributed by atoms with Gasteiger partial charge in [-0.25, -0.2) is 9.98 Å². The Bertz CT molecular complexity index is 1400. The van der Waals surface area contributed by atoms with Crippen molar-refractivity contribution < 1.29 is 0 Å². The van der Waals surface area contributed by atoms with Crippen LogP contribution in [0.2, 0.25) is 0 Å². The summed E-state index contributed by atoms with van der Waals surface area (Å²) < 4.78 is 1.05. The van der Waals surface area contributed by atoms with E-state index < -0.39 is 0 Å². The van der Waals surface area contributed by atoms with Crippen LogP contribution in [0.1, 0.15) is 19.3 Å². The maximum Gasteiger partial charge on any atom is 0.264 e. The van der Waals surface area contributed by atoms with Gasteiger partial charge in [-0.15, -0.1) is 22.9 Å². The maximum absolute atomic E-state index is 13.6. The van der Waals surface area contributed by atoms with Crippen molar-refractivity contribution in [3.8, 4) is 10.6 Å². The van der Waals surface area contributed by atoms with Crippen LogP contribution in [-0.2, 0) is 0 Å². The smallest absolute Gasteiger partial charge is 0.264 e. The van der Waals surface area contributed by atoms with Gasteiger partial charge in [-0.3, -0.25) is 9.78 Å². The number of hydrogen-bond acceptors (Lipinski definition) is 9. The summed E-state index contributed by atoms with van der Waals surface area (Å²) in [4.78, 5) is 35.4. The average molecular weight is 551 g/mol. The first kappa shape index (κ1) is 25.1. The summed E-state index contributed by atoms with van der Waals surface area (Å²) in [5.74, 6) is 2.09. The Morgan fingerprint density at radius 3 is 2.76 bits per heavy atom. The SMILES string of the molecule is O=c1[nH]c(N2CCN(C3=NC=CC(Cl)C=C3)CC2)nc(NC2CCCCNC2)c1-c1nc2ccccc2s1. The number of hydrogen-bond donors (Lipinski definition) is 3. The fraction of sp³-hybridized carbons (Fsp3) is 0.407. The molecule has 3 aliphatic heterocycles. The van der Waals surface area contributed by atoms with Gasteiger partial charge in [-0.2, -0.15) is 4.98 Å². The number of aromatic nitrogens is 3. The van der Waals surface area contributed by atoms with Gasteiger partial charge in [0.25, 0.3) is 5.56 Å². The molecule has 5 heterocycles. The molecular formula is C27H31ClN8OS. The quantitative estimate of drug-likeness (QED) is 0.425. The molecule has 2 fully saturated rings. The summed E-state index contributed by atoms with van der Waals surface area (Å²) in [7, 11) is 0. The van der Waals surface area contributed by atoms with Crippen LogP contribution in [0.15, 0.2) is 58.5 Å². The highest BCUT2D eigenvalue weighted by Crippen LogP contribution is 2.32. The van der Waals surface area contributed by atoms with Gasteiger partial charge >= 0.3 is 0 Å². The number of anilines is 2. The van der Waals surface area contributed by atoms with Crippen molar-refractivity contribution in [1.29, 1.82) is 0 Å². The Labute approximate surface area is 230 Å². The van der Waals surface area contributed by atoms with Crippen LogP contribution in [0, 0.1) is 0 Å². The topological polar surface area (TPSA) is 102 Å². The normalized spacial score (nSPS) is 22.3. The molecule has 3 aliphatic rings. The number of nitrogens with zero attached hydrogens (tertiary/aromatic N) is 5. The number of thiazole rings is 1. The van der Waals surface area contributed by atoms with Crippen molar-refractivity contribution in [2.75, 3.05) is 49.5 Å². The van der Waals surface area contributed by atoms with Gasteiger partial charge in [0, 0.05) is 45.0 Å². The number of rotatable bonds is 4. The average Bonchev–Trinajstić information content (AvgIpc) is 3.05. The van der Waals surface area contributed by atoms with Crippen LogP contribution < -0.4 is 21.1 Å². The molecule has 2 atom stereocenters. The molecule has 3 aromatic rings. The molecule has 0 amide bonds. The van der Waals surface area contributed by atoms with Crippen molar-refractivity contribution in [2.24, 2.45) is 4.99 Å². The first-order valence-corrected chi connectivity index (χ1v) is 14.4. The second kappa shape index (κ2) is 11.3. The first-order valence-electron chi connectivity index (χ1n) is 13.2. The van der Waals surface area contributed by atoms with Crippen molar-refractivity contribution in [3.05, 3.63) is 59.0 Å². The molecule has 0 spiro atoms. The third-order valence-electron chi connectivity index (χ3n) is 7.11. The fourth-order valence-electron chi connectivity index (χ4n) is 5.05. The second-order valence-corrected chi connectivity index (χ2v) is 11.3. The summed E-state index contributed by atoms with van der Waals surface area (Å²) in [6.45, 7) is 4.83. The number of piperazine rings is 1. The van der Waals surface area contributed by atoms with Crippen LogP contribution in [0.3, 0.4) is 0 Å². The lowest BCUT2D eigenvalue weighted by molar-refractivity contribution is 0.384. The Hall–Kier alpha value is -3.21. The molecule has 2 aromatic heterocycles. The van der Waals surface area contributed by atoms with Crippen LogP contribution >= 0.6 is 22.9 Å². The Balaban J connectivity index is 1.29. The lowest BCUT2D eigenvalue weighted by Gasteiger charge is -2.36. The summed E-state index contributed by atoms with van der Waals surface area (Å²) in [6, 6.07) is 8.17. The molecule has 2 unspecified atom stereocenters. The van der Waals surface area contributed by atoms with Crippen LogP contribution in [-0.4, -0.2) is 76.4 Å². The van der Waals surface area contributed by atoms with Crippen LogP contribution in [0.4, 0.5) is 11.8 Å². The van der Waals surface area contributed by atoms with Crippen LogP contribution in [0.5, 0.6) is 0 Å². The minimum Gasteiger partial charge on any atom is -0.365 e. The van der Waals surface area contributed by atoms with E-state index in [9.17, 15) is 4.79 Å². The Morgan fingerprint density at radius 1 is 1.05 bits per heavy atom. The van der Waals surface area contributed by atoms with Gasteiger partial charge in [0.05, 0.1) is 15.6 Å². The molecule has 11 heteroatoms. The monoisotopic (exact) mass is 550 g/mol. The van der Waals surface area contributed by atoms with Gasteiger partial charge in [-0.05, 0) is 43.7 Å². The van der Waals surface area contributed by atoms with Gasteiger partial charge < -0.3 is 20.4 Å². The molecule has 0 aliphatic carbocycles. The second-order valence-electron chi connectivity index (χ2n) is 9.75. The lowest BCUT2D eigenvalue weighted by atomic mass is 10.1. The van der Waals surface area contributed by atoms with E-state index in [1.165, 1.54) is 11.3 Å². The molecule has 6 rings (SSSR count). The lowest BCUT2D eigenvalue weighted by Crippen LogP contribution is -2.49. The molecule has 9 nitrogen and oxygen atoms in total. The number of benzene rings is 1. The molecule has 3 N–H and O–H groups in total. The first-order chi connectivity index (χ1) is 18.6. The van der Waals surface area contributed by atoms with E-state index in [4.69, 9.17) is 21.6 Å². The van der Waals surface area contributed by atoms with Gasteiger partial charge in [-0.1, -0.05) is 24.6 Å². The van der Waals surface area contributed by atoms with E-state index in [1.54, 1.807) is 6.20 Å². The van der Waals surface area contributed by atoms with Gasteiger partial charge in [0.15, 0.2) is 0 Å². The van der Waals surface area contributed by atoms with E-state index in [0.717, 1.165) is 61.5 Å². The van der Waals surface area contributed by atoms with Gasteiger partial charge in [0.2, 0.25) is 5.95 Å². The highest BCUT2D eigenvalue weighted by molar-refractivity contribution is 7.21. The Kier molecular flexibility index (Phi) is 7.44. The predicted octanol–water partition coefficient (Wildman–Crippen LogP) is 3.81. The molecule has 0 saturated carbocycles.